The van der Waals surface area contributed by atoms with Crippen LogP contribution in [0, 0.1) is 21.4 Å². The number of aromatic nitrogens is 1. The molecular weight excluding hydrogens is 344 g/mol. The van der Waals surface area contributed by atoms with Crippen LogP contribution in [0.25, 0.3) is 16.3 Å². The van der Waals surface area contributed by atoms with Gasteiger partial charge in [0.05, 0.1) is 16.0 Å². The van der Waals surface area contributed by atoms with E-state index in [2.05, 4.69) is 11.4 Å². The maximum absolute atomic E-state index is 12.8. The molecule has 0 unspecified atom stereocenters. The van der Waals surface area contributed by atoms with E-state index in [0.717, 1.165) is 10.8 Å². The molecule has 0 spiro atoms. The number of nitrogens with one attached hydrogen (secondary N) is 1. The van der Waals surface area contributed by atoms with Crippen molar-refractivity contribution in [2.45, 2.75) is 0 Å². The summed E-state index contributed by atoms with van der Waals surface area (Å²) < 4.78 is 1.63. The number of nitro benzene ring substituents is 1. The number of hydrogen-bond acceptors (Lipinski definition) is 4. The number of benzene rings is 2. The molecule has 2 aromatic heterocycles. The summed E-state index contributed by atoms with van der Waals surface area (Å²) in [5.41, 5.74) is 1.12. The normalized spacial score (nSPS) is 10.6. The first-order valence-electron chi connectivity index (χ1n) is 8.08. The lowest BCUT2D eigenvalue weighted by atomic mass is 10.1. The monoisotopic (exact) mass is 356 g/mol. The SMILES string of the molecule is N#Cc1cc(C(=O)Nc2ccccc2[N+](=O)[O-])n2ccc3ccccc3c12. The minimum absolute atomic E-state index is 0.0988. The number of nitro groups is 1. The second kappa shape index (κ2) is 6.28. The first-order valence-corrected chi connectivity index (χ1v) is 8.08. The summed E-state index contributed by atoms with van der Waals surface area (Å²) in [5, 5.41) is 25.0. The number of para-hydroxylation sites is 2. The van der Waals surface area contributed by atoms with Crippen molar-refractivity contribution in [2.24, 2.45) is 0 Å². The second-order valence-corrected chi connectivity index (χ2v) is 5.91. The summed E-state index contributed by atoms with van der Waals surface area (Å²) >= 11 is 0. The zero-order chi connectivity index (χ0) is 19.0. The molecule has 0 atom stereocenters. The Kier molecular flexibility index (Phi) is 3.79. The molecule has 7 nitrogen and oxygen atoms in total. The molecule has 27 heavy (non-hydrogen) atoms. The molecule has 0 saturated carbocycles. The van der Waals surface area contributed by atoms with Gasteiger partial charge in [0.15, 0.2) is 0 Å². The number of hydrogen-bond donors (Lipinski definition) is 1. The predicted octanol–water partition coefficient (Wildman–Crippen LogP) is 4.12. The van der Waals surface area contributed by atoms with Gasteiger partial charge in [-0.3, -0.25) is 14.9 Å². The van der Waals surface area contributed by atoms with Crippen molar-refractivity contribution in [3.05, 3.63) is 88.2 Å². The van der Waals surface area contributed by atoms with Gasteiger partial charge in [0.1, 0.15) is 17.5 Å². The number of carbonyl (C=O) groups excluding carboxylic acids is 1. The summed E-state index contributed by atoms with van der Waals surface area (Å²) in [7, 11) is 0. The lowest BCUT2D eigenvalue weighted by molar-refractivity contribution is -0.383. The minimum Gasteiger partial charge on any atom is -0.315 e. The summed E-state index contributed by atoms with van der Waals surface area (Å²) in [6.07, 6.45) is 1.72. The van der Waals surface area contributed by atoms with E-state index < -0.39 is 10.8 Å². The van der Waals surface area contributed by atoms with Crippen LogP contribution in [0.5, 0.6) is 0 Å². The first-order chi connectivity index (χ1) is 13.1. The lowest BCUT2D eigenvalue weighted by Crippen LogP contribution is -2.15. The standard InChI is InChI=1S/C20H12N4O3/c21-12-14-11-18(20(25)22-16-7-3-4-8-17(16)24(26)27)23-10-9-13-5-1-2-6-15(13)19(14)23/h1-11H,(H,22,25). The Morgan fingerprint density at radius 3 is 2.63 bits per heavy atom. The minimum atomic E-state index is -0.555. The van der Waals surface area contributed by atoms with Crippen LogP contribution in [0.4, 0.5) is 11.4 Å². The molecular formula is C20H12N4O3. The van der Waals surface area contributed by atoms with Gasteiger partial charge in [0, 0.05) is 17.6 Å². The van der Waals surface area contributed by atoms with Gasteiger partial charge in [-0.25, -0.2) is 0 Å². The van der Waals surface area contributed by atoms with Gasteiger partial charge in [0.2, 0.25) is 0 Å². The van der Waals surface area contributed by atoms with E-state index >= 15 is 0 Å². The van der Waals surface area contributed by atoms with Crippen LogP contribution in [0.15, 0.2) is 66.9 Å². The summed E-state index contributed by atoms with van der Waals surface area (Å²) in [5.74, 6) is -0.531. The zero-order valence-electron chi connectivity index (χ0n) is 13.9. The molecule has 0 radical (unpaired) electrons. The molecule has 0 fully saturated rings. The van der Waals surface area contributed by atoms with Crippen molar-refractivity contribution in [2.75, 3.05) is 5.32 Å². The number of nitriles is 1. The Balaban J connectivity index is 1.85. The van der Waals surface area contributed by atoms with Crippen LogP contribution in [-0.4, -0.2) is 15.2 Å². The van der Waals surface area contributed by atoms with Gasteiger partial charge in [-0.15, -0.1) is 0 Å². The molecule has 2 heterocycles. The molecule has 0 bridgehead atoms. The molecule has 1 N–H and O–H groups in total. The third-order valence-corrected chi connectivity index (χ3v) is 4.36. The van der Waals surface area contributed by atoms with Crippen molar-refractivity contribution in [1.29, 1.82) is 5.26 Å². The van der Waals surface area contributed by atoms with E-state index in [0.29, 0.717) is 11.1 Å². The van der Waals surface area contributed by atoms with Gasteiger partial charge >= 0.3 is 0 Å². The van der Waals surface area contributed by atoms with E-state index in [1.165, 1.54) is 24.3 Å². The van der Waals surface area contributed by atoms with Crippen LogP contribution in [0.2, 0.25) is 0 Å². The number of nitrogens with zero attached hydrogens (tertiary/aromatic N) is 3. The van der Waals surface area contributed by atoms with E-state index in [1.54, 1.807) is 16.7 Å². The fourth-order valence-corrected chi connectivity index (χ4v) is 3.15. The Morgan fingerprint density at radius 2 is 1.85 bits per heavy atom. The molecule has 0 aliphatic heterocycles. The average molecular weight is 356 g/mol. The highest BCUT2D eigenvalue weighted by Gasteiger charge is 2.20. The highest BCUT2D eigenvalue weighted by Crippen LogP contribution is 2.28. The Bertz CT molecular complexity index is 1270. The summed E-state index contributed by atoms with van der Waals surface area (Å²) in [6, 6.07) is 19.0. The van der Waals surface area contributed by atoms with Crippen molar-refractivity contribution < 1.29 is 9.72 Å². The zero-order valence-corrected chi connectivity index (χ0v) is 13.9. The molecule has 2 aromatic carbocycles. The van der Waals surface area contributed by atoms with Gasteiger partial charge in [-0.1, -0.05) is 36.4 Å². The Labute approximate surface area is 153 Å². The molecule has 7 heteroatoms. The van der Waals surface area contributed by atoms with Crippen molar-refractivity contribution in [3.63, 3.8) is 0 Å². The molecule has 0 saturated heterocycles. The number of fused-ring (bicyclic) bond motifs is 3. The fourth-order valence-electron chi connectivity index (χ4n) is 3.15. The Morgan fingerprint density at radius 1 is 1.11 bits per heavy atom. The summed E-state index contributed by atoms with van der Waals surface area (Å²) in [4.78, 5) is 23.4. The Hall–Kier alpha value is -4.18. The van der Waals surface area contributed by atoms with Crippen LogP contribution in [0.1, 0.15) is 16.1 Å². The van der Waals surface area contributed by atoms with Crippen molar-refractivity contribution >= 4 is 33.6 Å². The quantitative estimate of drug-likeness (QED) is 0.440. The number of pyridine rings is 1. The predicted molar refractivity (Wildman–Crippen MR) is 101 cm³/mol. The van der Waals surface area contributed by atoms with Crippen LogP contribution >= 0.6 is 0 Å². The molecule has 4 aromatic rings. The highest BCUT2D eigenvalue weighted by molar-refractivity contribution is 6.08. The van der Waals surface area contributed by atoms with E-state index in [4.69, 9.17) is 0 Å². The van der Waals surface area contributed by atoms with Crippen molar-refractivity contribution in [1.82, 2.24) is 4.40 Å². The second-order valence-electron chi connectivity index (χ2n) is 5.91. The third-order valence-electron chi connectivity index (χ3n) is 4.36. The fraction of sp³-hybridized carbons (Fsp3) is 0. The molecule has 130 valence electrons. The van der Waals surface area contributed by atoms with Crippen LogP contribution in [-0.2, 0) is 0 Å². The maximum atomic E-state index is 12.8. The van der Waals surface area contributed by atoms with E-state index in [1.807, 2.05) is 30.3 Å². The van der Waals surface area contributed by atoms with Crippen LogP contribution in [0.3, 0.4) is 0 Å². The highest BCUT2D eigenvalue weighted by atomic mass is 16.6. The van der Waals surface area contributed by atoms with E-state index in [9.17, 15) is 20.2 Å². The molecule has 0 aliphatic rings. The molecule has 1 amide bonds. The van der Waals surface area contributed by atoms with Gasteiger partial charge in [-0.05, 0) is 23.6 Å². The molecule has 4 rings (SSSR count). The van der Waals surface area contributed by atoms with E-state index in [-0.39, 0.29) is 17.1 Å². The lowest BCUT2D eigenvalue weighted by Gasteiger charge is -2.07. The first kappa shape index (κ1) is 16.3. The number of amides is 1. The maximum Gasteiger partial charge on any atom is 0.292 e. The van der Waals surface area contributed by atoms with Gasteiger partial charge in [0.25, 0.3) is 11.6 Å². The van der Waals surface area contributed by atoms with Crippen molar-refractivity contribution in [3.8, 4) is 6.07 Å². The van der Waals surface area contributed by atoms with Gasteiger partial charge in [-0.2, -0.15) is 5.26 Å². The smallest absolute Gasteiger partial charge is 0.292 e. The topological polar surface area (TPSA) is 100 Å². The third kappa shape index (κ3) is 2.65. The van der Waals surface area contributed by atoms with Gasteiger partial charge < -0.3 is 9.72 Å². The number of rotatable bonds is 3. The number of carbonyl (C=O) groups is 1. The number of anilines is 1. The average Bonchev–Trinajstić information content (AvgIpc) is 3.07. The van der Waals surface area contributed by atoms with Crippen LogP contribution < -0.4 is 5.32 Å². The summed E-state index contributed by atoms with van der Waals surface area (Å²) in [6.45, 7) is 0. The molecule has 0 aliphatic carbocycles. The largest absolute Gasteiger partial charge is 0.315 e.